The topological polar surface area (TPSA) is 103 Å². The SMILES string of the molecule is CCOc1cc(C(=O)NCc2ccc(N3CC(C)OC(C)C3)c(F)c2)c([N+](=O)[O-])cc1OC. The Hall–Kier alpha value is -3.40. The van der Waals surface area contributed by atoms with Crippen LogP contribution < -0.4 is 19.7 Å². The number of halogens is 1. The number of amides is 1. The average Bonchev–Trinajstić information content (AvgIpc) is 2.76. The minimum absolute atomic E-state index is 0.000891. The molecule has 0 aliphatic carbocycles. The fourth-order valence-corrected chi connectivity index (χ4v) is 3.88. The van der Waals surface area contributed by atoms with Crippen molar-refractivity contribution in [2.24, 2.45) is 0 Å². The third kappa shape index (κ3) is 5.70. The maximum Gasteiger partial charge on any atom is 0.286 e. The molecule has 1 amide bonds. The van der Waals surface area contributed by atoms with Gasteiger partial charge in [-0.25, -0.2) is 4.39 Å². The first-order valence-electron chi connectivity index (χ1n) is 10.7. The Morgan fingerprint density at radius 2 is 1.94 bits per heavy atom. The van der Waals surface area contributed by atoms with E-state index in [1.165, 1.54) is 19.2 Å². The van der Waals surface area contributed by atoms with Crippen molar-refractivity contribution in [3.8, 4) is 11.5 Å². The van der Waals surface area contributed by atoms with Crippen LogP contribution in [0.2, 0.25) is 0 Å². The molecule has 0 aromatic heterocycles. The second-order valence-electron chi connectivity index (χ2n) is 7.84. The zero-order valence-electron chi connectivity index (χ0n) is 19.1. The second-order valence-corrected chi connectivity index (χ2v) is 7.84. The predicted octanol–water partition coefficient (Wildman–Crippen LogP) is 3.68. The van der Waals surface area contributed by atoms with Crippen molar-refractivity contribution in [1.29, 1.82) is 0 Å². The van der Waals surface area contributed by atoms with Gasteiger partial charge in [0.25, 0.3) is 11.6 Å². The van der Waals surface area contributed by atoms with Crippen LogP contribution in [-0.2, 0) is 11.3 Å². The van der Waals surface area contributed by atoms with Gasteiger partial charge in [0.05, 0.1) is 42.6 Å². The summed E-state index contributed by atoms with van der Waals surface area (Å²) in [6.45, 7) is 7.10. The zero-order chi connectivity index (χ0) is 24.1. The quantitative estimate of drug-likeness (QED) is 0.472. The smallest absolute Gasteiger partial charge is 0.286 e. The normalized spacial score (nSPS) is 18.0. The van der Waals surface area contributed by atoms with Gasteiger partial charge in [0.2, 0.25) is 0 Å². The lowest BCUT2D eigenvalue weighted by Crippen LogP contribution is -2.45. The number of methoxy groups -OCH3 is 1. The fourth-order valence-electron chi connectivity index (χ4n) is 3.88. The van der Waals surface area contributed by atoms with Gasteiger partial charge in [-0.15, -0.1) is 0 Å². The molecule has 33 heavy (non-hydrogen) atoms. The molecule has 0 bridgehead atoms. The molecule has 3 rings (SSSR count). The van der Waals surface area contributed by atoms with Crippen molar-refractivity contribution in [3.05, 3.63) is 57.4 Å². The Morgan fingerprint density at radius 3 is 2.52 bits per heavy atom. The zero-order valence-corrected chi connectivity index (χ0v) is 19.1. The average molecular weight is 461 g/mol. The molecule has 1 aliphatic rings. The van der Waals surface area contributed by atoms with Crippen LogP contribution in [0.4, 0.5) is 15.8 Å². The molecule has 1 fully saturated rings. The molecule has 2 aromatic rings. The fraction of sp³-hybridized carbons (Fsp3) is 0.435. The molecule has 0 saturated carbocycles. The van der Waals surface area contributed by atoms with Crippen LogP contribution in [0.15, 0.2) is 30.3 Å². The number of nitrogens with zero attached hydrogens (tertiary/aromatic N) is 2. The van der Waals surface area contributed by atoms with Crippen LogP contribution in [0.1, 0.15) is 36.7 Å². The summed E-state index contributed by atoms with van der Waals surface area (Å²) < 4.78 is 31.1. The van der Waals surface area contributed by atoms with Crippen molar-refractivity contribution >= 4 is 17.3 Å². The molecule has 2 unspecified atom stereocenters. The third-order valence-corrected chi connectivity index (χ3v) is 5.25. The summed E-state index contributed by atoms with van der Waals surface area (Å²) in [6, 6.07) is 7.18. The number of morpholine rings is 1. The van der Waals surface area contributed by atoms with Gasteiger partial charge in [-0.05, 0) is 38.5 Å². The molecule has 2 aromatic carbocycles. The standard InChI is InChI=1S/C23H28FN3O6/c1-5-32-22-9-17(20(27(29)30)10-21(22)31-4)23(28)25-11-16-6-7-19(18(24)8-16)26-12-14(2)33-15(3)13-26/h6-10,14-15H,5,11-13H2,1-4H3,(H,25,28). The van der Waals surface area contributed by atoms with E-state index in [9.17, 15) is 19.3 Å². The summed E-state index contributed by atoms with van der Waals surface area (Å²) in [5, 5.41) is 14.1. The van der Waals surface area contributed by atoms with E-state index >= 15 is 0 Å². The number of nitrogens with one attached hydrogen (secondary N) is 1. The monoisotopic (exact) mass is 461 g/mol. The first-order valence-corrected chi connectivity index (χ1v) is 10.7. The number of carbonyl (C=O) groups excluding carboxylic acids is 1. The van der Waals surface area contributed by atoms with Gasteiger partial charge in [-0.2, -0.15) is 0 Å². The first kappa shape index (κ1) is 24.2. The Balaban J connectivity index is 1.76. The van der Waals surface area contributed by atoms with E-state index in [4.69, 9.17) is 14.2 Å². The van der Waals surface area contributed by atoms with E-state index in [0.29, 0.717) is 30.9 Å². The molecule has 1 aliphatic heterocycles. The third-order valence-electron chi connectivity index (χ3n) is 5.25. The van der Waals surface area contributed by atoms with Crippen molar-refractivity contribution in [1.82, 2.24) is 5.32 Å². The van der Waals surface area contributed by atoms with E-state index < -0.39 is 22.3 Å². The van der Waals surface area contributed by atoms with Crippen LogP contribution in [0.25, 0.3) is 0 Å². The lowest BCUT2D eigenvalue weighted by molar-refractivity contribution is -0.385. The van der Waals surface area contributed by atoms with Crippen molar-refractivity contribution in [3.63, 3.8) is 0 Å². The van der Waals surface area contributed by atoms with Crippen molar-refractivity contribution in [2.75, 3.05) is 31.7 Å². The van der Waals surface area contributed by atoms with Crippen LogP contribution in [0, 0.1) is 15.9 Å². The summed E-state index contributed by atoms with van der Waals surface area (Å²) in [6.07, 6.45) is -0.0111. The van der Waals surface area contributed by atoms with Gasteiger partial charge in [-0.3, -0.25) is 14.9 Å². The number of ether oxygens (including phenoxy) is 3. The summed E-state index contributed by atoms with van der Waals surface area (Å²) in [4.78, 5) is 25.5. The maximum atomic E-state index is 14.8. The molecular formula is C23H28FN3O6. The minimum Gasteiger partial charge on any atom is -0.493 e. The minimum atomic E-state index is -0.675. The highest BCUT2D eigenvalue weighted by molar-refractivity contribution is 5.99. The van der Waals surface area contributed by atoms with Crippen LogP contribution in [0.5, 0.6) is 11.5 Å². The Morgan fingerprint density at radius 1 is 1.24 bits per heavy atom. The second kappa shape index (κ2) is 10.5. The molecule has 1 saturated heterocycles. The van der Waals surface area contributed by atoms with E-state index in [0.717, 1.165) is 6.07 Å². The van der Waals surface area contributed by atoms with Gasteiger partial charge in [0.15, 0.2) is 11.5 Å². The number of rotatable bonds is 8. The number of hydrogen-bond acceptors (Lipinski definition) is 7. The molecule has 178 valence electrons. The van der Waals surface area contributed by atoms with Gasteiger partial charge in [0.1, 0.15) is 11.4 Å². The number of nitro groups is 1. The lowest BCUT2D eigenvalue weighted by Gasteiger charge is -2.37. The van der Waals surface area contributed by atoms with Gasteiger partial charge in [-0.1, -0.05) is 6.07 Å². The number of anilines is 1. The molecular weight excluding hydrogens is 433 g/mol. The maximum absolute atomic E-state index is 14.8. The first-order chi connectivity index (χ1) is 15.7. The molecule has 2 atom stereocenters. The van der Waals surface area contributed by atoms with Crippen LogP contribution in [0.3, 0.4) is 0 Å². The number of carbonyl (C=O) groups is 1. The summed E-state index contributed by atoms with van der Waals surface area (Å²) in [5.74, 6) is -0.702. The number of nitro benzene ring substituents is 1. The number of benzene rings is 2. The molecule has 9 nitrogen and oxygen atoms in total. The number of hydrogen-bond donors (Lipinski definition) is 1. The molecule has 0 radical (unpaired) electrons. The lowest BCUT2D eigenvalue weighted by atomic mass is 10.1. The largest absolute Gasteiger partial charge is 0.493 e. The molecule has 0 spiro atoms. The Kier molecular flexibility index (Phi) is 7.70. The Bertz CT molecular complexity index is 1020. The molecule has 1 heterocycles. The van der Waals surface area contributed by atoms with E-state index in [1.807, 2.05) is 18.7 Å². The highest BCUT2D eigenvalue weighted by Gasteiger charge is 2.26. The van der Waals surface area contributed by atoms with Crippen LogP contribution >= 0.6 is 0 Å². The Labute approximate surface area is 191 Å². The van der Waals surface area contributed by atoms with Crippen molar-refractivity contribution in [2.45, 2.75) is 39.5 Å². The van der Waals surface area contributed by atoms with E-state index in [-0.39, 0.29) is 35.8 Å². The van der Waals surface area contributed by atoms with Gasteiger partial charge >= 0.3 is 0 Å². The van der Waals surface area contributed by atoms with Gasteiger partial charge in [0, 0.05) is 25.7 Å². The van der Waals surface area contributed by atoms with E-state index in [2.05, 4.69) is 5.32 Å². The molecule has 1 N–H and O–H groups in total. The summed E-state index contributed by atoms with van der Waals surface area (Å²) in [5.41, 5.74) is 0.418. The highest BCUT2D eigenvalue weighted by atomic mass is 19.1. The van der Waals surface area contributed by atoms with Crippen LogP contribution in [-0.4, -0.2) is 49.8 Å². The molecule has 10 heteroatoms. The van der Waals surface area contributed by atoms with E-state index in [1.54, 1.807) is 19.1 Å². The van der Waals surface area contributed by atoms with Gasteiger partial charge < -0.3 is 24.4 Å². The summed E-state index contributed by atoms with van der Waals surface area (Å²) in [7, 11) is 1.36. The highest BCUT2D eigenvalue weighted by Crippen LogP contribution is 2.35. The summed E-state index contributed by atoms with van der Waals surface area (Å²) >= 11 is 0. The van der Waals surface area contributed by atoms with Crippen molar-refractivity contribution < 1.29 is 28.3 Å². The predicted molar refractivity (Wildman–Crippen MR) is 121 cm³/mol.